The molecule has 0 aromatic rings. The molecule has 0 radical (unpaired) electrons. The van der Waals surface area contributed by atoms with Crippen molar-refractivity contribution < 1.29 is 0 Å². The molecule has 0 bridgehead atoms. The van der Waals surface area contributed by atoms with Crippen molar-refractivity contribution >= 4 is 0 Å². The number of nitrogens with one attached hydrogen (secondary N) is 1. The van der Waals surface area contributed by atoms with Crippen molar-refractivity contribution in [2.75, 3.05) is 7.05 Å². The minimum Gasteiger partial charge on any atom is -0.317 e. The molecule has 0 aromatic carbocycles. The first-order valence-corrected chi connectivity index (χ1v) is 8.97. The molecule has 0 saturated carbocycles. The first kappa shape index (κ1) is 19.0. The Hall–Kier alpha value is -0.0400. The van der Waals surface area contributed by atoms with Crippen LogP contribution in [0.15, 0.2) is 0 Å². The van der Waals surface area contributed by atoms with E-state index in [0.717, 1.165) is 12.0 Å². The third kappa shape index (κ3) is 10.4. The van der Waals surface area contributed by atoms with Gasteiger partial charge in [0.1, 0.15) is 0 Å². The van der Waals surface area contributed by atoms with Gasteiger partial charge in [-0.1, -0.05) is 85.0 Å². The third-order valence-electron chi connectivity index (χ3n) is 4.51. The molecule has 2 unspecified atom stereocenters. The molecule has 0 aromatic heterocycles. The summed E-state index contributed by atoms with van der Waals surface area (Å²) in [5.41, 5.74) is 0. The molecule has 1 heteroatoms. The number of rotatable bonds is 14. The predicted molar refractivity (Wildman–Crippen MR) is 88.8 cm³/mol. The Morgan fingerprint density at radius 1 is 0.684 bits per heavy atom. The summed E-state index contributed by atoms with van der Waals surface area (Å²) in [7, 11) is 2.15. The molecule has 0 fully saturated rings. The Labute approximate surface area is 122 Å². The van der Waals surface area contributed by atoms with Gasteiger partial charge in [0.2, 0.25) is 0 Å². The van der Waals surface area contributed by atoms with E-state index in [1.807, 2.05) is 0 Å². The highest BCUT2D eigenvalue weighted by Crippen LogP contribution is 2.21. The maximum atomic E-state index is 3.57. The number of unbranched alkanes of at least 4 members (excludes halogenated alkanes) is 7. The quantitative estimate of drug-likeness (QED) is 0.385. The van der Waals surface area contributed by atoms with Gasteiger partial charge in [0.15, 0.2) is 0 Å². The zero-order valence-electron chi connectivity index (χ0n) is 14.1. The lowest BCUT2D eigenvalue weighted by molar-refractivity contribution is 0.309. The third-order valence-corrected chi connectivity index (χ3v) is 4.51. The molecule has 0 aliphatic carbocycles. The van der Waals surface area contributed by atoms with Gasteiger partial charge in [-0.2, -0.15) is 0 Å². The van der Waals surface area contributed by atoms with Gasteiger partial charge in [-0.15, -0.1) is 0 Å². The van der Waals surface area contributed by atoms with Crippen molar-refractivity contribution in [1.29, 1.82) is 0 Å². The summed E-state index contributed by atoms with van der Waals surface area (Å²) in [6.45, 7) is 6.95. The molecular formula is C18H39N. The van der Waals surface area contributed by atoms with E-state index < -0.39 is 0 Å². The molecular weight excluding hydrogens is 230 g/mol. The summed E-state index contributed by atoms with van der Waals surface area (Å²) in [5.74, 6) is 0.894. The molecule has 1 N–H and O–H groups in total. The summed E-state index contributed by atoms with van der Waals surface area (Å²) in [6.07, 6.45) is 16.8. The van der Waals surface area contributed by atoms with E-state index >= 15 is 0 Å². The fraction of sp³-hybridized carbons (Fsp3) is 1.00. The van der Waals surface area contributed by atoms with Gasteiger partial charge in [-0.05, 0) is 25.8 Å². The molecule has 0 aliphatic rings. The predicted octanol–water partition coefficient (Wildman–Crippen LogP) is 5.93. The highest BCUT2D eigenvalue weighted by atomic mass is 14.9. The minimum atomic E-state index is 0.757. The lowest BCUT2D eigenvalue weighted by Gasteiger charge is -2.26. The number of hydrogen-bond acceptors (Lipinski definition) is 1. The molecule has 0 spiro atoms. The van der Waals surface area contributed by atoms with E-state index in [4.69, 9.17) is 0 Å². The van der Waals surface area contributed by atoms with Crippen molar-refractivity contribution in [1.82, 2.24) is 5.32 Å². The summed E-state index contributed by atoms with van der Waals surface area (Å²) in [4.78, 5) is 0. The van der Waals surface area contributed by atoms with Gasteiger partial charge in [-0.25, -0.2) is 0 Å². The van der Waals surface area contributed by atoms with Crippen LogP contribution < -0.4 is 5.32 Å². The molecule has 19 heavy (non-hydrogen) atoms. The molecule has 1 nitrogen and oxygen atoms in total. The Morgan fingerprint density at radius 2 is 1.26 bits per heavy atom. The molecule has 2 atom stereocenters. The van der Waals surface area contributed by atoms with Gasteiger partial charge in [0, 0.05) is 6.04 Å². The van der Waals surface area contributed by atoms with Crippen LogP contribution in [0.3, 0.4) is 0 Å². The summed E-state index contributed by atoms with van der Waals surface area (Å²) >= 11 is 0. The second kappa shape index (κ2) is 14.4. The van der Waals surface area contributed by atoms with Crippen molar-refractivity contribution in [3.8, 4) is 0 Å². The molecule has 0 aliphatic heterocycles. The summed E-state index contributed by atoms with van der Waals surface area (Å²) in [5, 5.41) is 3.57. The van der Waals surface area contributed by atoms with Crippen LogP contribution >= 0.6 is 0 Å². The van der Waals surface area contributed by atoms with Crippen LogP contribution in [-0.4, -0.2) is 13.1 Å². The van der Waals surface area contributed by atoms with Crippen molar-refractivity contribution in [2.45, 2.75) is 104 Å². The zero-order chi connectivity index (χ0) is 14.3. The molecule has 0 amide bonds. The van der Waals surface area contributed by atoms with Gasteiger partial charge in [0.25, 0.3) is 0 Å². The van der Waals surface area contributed by atoms with Crippen molar-refractivity contribution in [3.05, 3.63) is 0 Å². The first-order valence-electron chi connectivity index (χ1n) is 8.97. The van der Waals surface area contributed by atoms with Crippen LogP contribution in [0.2, 0.25) is 0 Å². The lowest BCUT2D eigenvalue weighted by Crippen LogP contribution is -2.33. The zero-order valence-corrected chi connectivity index (χ0v) is 14.1. The van der Waals surface area contributed by atoms with E-state index in [1.165, 1.54) is 77.0 Å². The molecule has 0 saturated heterocycles. The van der Waals surface area contributed by atoms with Gasteiger partial charge in [-0.3, -0.25) is 0 Å². The SMILES string of the molecule is CCCCCCCCCC(NC)C(CC)CCCC. The Bertz CT molecular complexity index is 167. The molecule has 116 valence electrons. The number of hydrogen-bond donors (Lipinski definition) is 1. The topological polar surface area (TPSA) is 12.0 Å². The highest BCUT2D eigenvalue weighted by Gasteiger charge is 2.17. The second-order valence-corrected chi connectivity index (χ2v) is 6.12. The summed E-state index contributed by atoms with van der Waals surface area (Å²) in [6, 6.07) is 0.757. The van der Waals surface area contributed by atoms with E-state index in [9.17, 15) is 0 Å². The van der Waals surface area contributed by atoms with Gasteiger partial charge in [0.05, 0.1) is 0 Å². The minimum absolute atomic E-state index is 0.757. The highest BCUT2D eigenvalue weighted by molar-refractivity contribution is 4.74. The second-order valence-electron chi connectivity index (χ2n) is 6.12. The molecule has 0 rings (SSSR count). The van der Waals surface area contributed by atoms with Crippen LogP contribution in [-0.2, 0) is 0 Å². The Balaban J connectivity index is 3.66. The average Bonchev–Trinajstić information content (AvgIpc) is 2.44. The Kier molecular flexibility index (Phi) is 14.3. The smallest absolute Gasteiger partial charge is 0.00922 e. The van der Waals surface area contributed by atoms with Gasteiger partial charge >= 0.3 is 0 Å². The average molecular weight is 270 g/mol. The standard InChI is InChI=1S/C18H39N/c1-5-8-10-11-12-13-14-16-18(19-4)17(7-3)15-9-6-2/h17-19H,5-16H2,1-4H3. The van der Waals surface area contributed by atoms with E-state index in [-0.39, 0.29) is 0 Å². The van der Waals surface area contributed by atoms with Crippen molar-refractivity contribution in [3.63, 3.8) is 0 Å². The van der Waals surface area contributed by atoms with Crippen LogP contribution in [0.4, 0.5) is 0 Å². The van der Waals surface area contributed by atoms with Gasteiger partial charge < -0.3 is 5.32 Å². The largest absolute Gasteiger partial charge is 0.317 e. The maximum absolute atomic E-state index is 3.57. The molecule has 0 heterocycles. The first-order chi connectivity index (χ1) is 9.29. The van der Waals surface area contributed by atoms with Crippen LogP contribution in [0.1, 0.15) is 97.8 Å². The fourth-order valence-electron chi connectivity index (χ4n) is 3.09. The van der Waals surface area contributed by atoms with E-state index in [1.54, 1.807) is 0 Å². The lowest BCUT2D eigenvalue weighted by atomic mass is 9.88. The Morgan fingerprint density at radius 3 is 1.79 bits per heavy atom. The van der Waals surface area contributed by atoms with Crippen LogP contribution in [0, 0.1) is 5.92 Å². The van der Waals surface area contributed by atoms with Crippen molar-refractivity contribution in [2.24, 2.45) is 5.92 Å². The van der Waals surface area contributed by atoms with Crippen LogP contribution in [0.25, 0.3) is 0 Å². The van der Waals surface area contributed by atoms with E-state index in [0.29, 0.717) is 0 Å². The summed E-state index contributed by atoms with van der Waals surface area (Å²) < 4.78 is 0. The maximum Gasteiger partial charge on any atom is 0.00922 e. The fourth-order valence-corrected chi connectivity index (χ4v) is 3.09. The van der Waals surface area contributed by atoms with E-state index in [2.05, 4.69) is 33.1 Å². The normalized spacial score (nSPS) is 14.5. The monoisotopic (exact) mass is 269 g/mol. The van der Waals surface area contributed by atoms with Crippen LogP contribution in [0.5, 0.6) is 0 Å².